The Morgan fingerprint density at radius 3 is 2.65 bits per heavy atom. The lowest BCUT2D eigenvalue weighted by molar-refractivity contribution is 0.0421. The molecule has 1 aliphatic carbocycles. The van der Waals surface area contributed by atoms with Gasteiger partial charge in [-0.15, -0.1) is 6.58 Å². The molecule has 0 radical (unpaired) electrons. The van der Waals surface area contributed by atoms with E-state index in [-0.39, 0.29) is 17.6 Å². The van der Waals surface area contributed by atoms with E-state index in [1.165, 1.54) is 0 Å². The molecule has 0 saturated heterocycles. The minimum Gasteiger partial charge on any atom is -0.444 e. The van der Waals surface area contributed by atoms with Gasteiger partial charge in [0.15, 0.2) is 0 Å². The third-order valence-corrected chi connectivity index (χ3v) is 2.73. The smallest absolute Gasteiger partial charge is 0.408 e. The fraction of sp³-hybridized carbons (Fsp3) is 0.769. The highest BCUT2D eigenvalue weighted by molar-refractivity contribution is 5.69. The number of ether oxygens (including phenoxy) is 2. The molecule has 17 heavy (non-hydrogen) atoms. The largest absolute Gasteiger partial charge is 0.444 e. The molecule has 1 N–H and O–H groups in total. The first-order valence-corrected chi connectivity index (χ1v) is 6.04. The number of hydrogen-bond donors (Lipinski definition) is 1. The highest BCUT2D eigenvalue weighted by Gasteiger charge is 2.54. The predicted molar refractivity (Wildman–Crippen MR) is 66.9 cm³/mol. The average molecular weight is 241 g/mol. The lowest BCUT2D eigenvalue weighted by atomic mass is 10.2. The van der Waals surface area contributed by atoms with Crippen molar-refractivity contribution in [3.8, 4) is 0 Å². The fourth-order valence-electron chi connectivity index (χ4n) is 1.78. The molecule has 0 heterocycles. The SMILES string of the molecule is C=C[C@@H]1C[C@@]1(COCC)NC(=O)OC(C)(C)C. The van der Waals surface area contributed by atoms with Crippen LogP contribution in [0.2, 0.25) is 0 Å². The second-order valence-corrected chi connectivity index (χ2v) is 5.47. The molecule has 0 aromatic heterocycles. The molecule has 1 rings (SSSR count). The van der Waals surface area contributed by atoms with Crippen molar-refractivity contribution >= 4 is 6.09 Å². The second kappa shape index (κ2) is 5.08. The summed E-state index contributed by atoms with van der Waals surface area (Å²) in [5.74, 6) is 0.279. The van der Waals surface area contributed by atoms with Crippen LogP contribution in [-0.4, -0.2) is 30.4 Å². The summed E-state index contributed by atoms with van der Waals surface area (Å²) in [5.41, 5.74) is -0.782. The molecule has 0 aliphatic heterocycles. The Morgan fingerprint density at radius 1 is 1.59 bits per heavy atom. The third kappa shape index (κ3) is 4.04. The standard InChI is InChI=1S/C13H23NO3/c1-6-10-8-13(10,9-16-7-2)14-11(15)17-12(3,4)5/h6,10H,1,7-9H2,2-5H3,(H,14,15)/t10-,13+/m1/s1. The van der Waals surface area contributed by atoms with Crippen molar-refractivity contribution in [3.63, 3.8) is 0 Å². The van der Waals surface area contributed by atoms with Crippen LogP contribution < -0.4 is 5.32 Å². The van der Waals surface area contributed by atoms with Crippen molar-refractivity contribution in [2.24, 2.45) is 5.92 Å². The summed E-state index contributed by atoms with van der Waals surface area (Å²) >= 11 is 0. The average Bonchev–Trinajstić information content (AvgIpc) is 2.86. The fourth-order valence-corrected chi connectivity index (χ4v) is 1.78. The van der Waals surface area contributed by atoms with Crippen molar-refractivity contribution in [1.82, 2.24) is 5.32 Å². The maximum Gasteiger partial charge on any atom is 0.408 e. The van der Waals surface area contributed by atoms with Crippen LogP contribution in [0.4, 0.5) is 4.79 Å². The first kappa shape index (κ1) is 14.0. The van der Waals surface area contributed by atoms with E-state index in [0.29, 0.717) is 13.2 Å². The van der Waals surface area contributed by atoms with Gasteiger partial charge in [-0.3, -0.25) is 0 Å². The zero-order valence-electron chi connectivity index (χ0n) is 11.2. The van der Waals surface area contributed by atoms with Gasteiger partial charge in [0.25, 0.3) is 0 Å². The van der Waals surface area contributed by atoms with Crippen LogP contribution in [0.1, 0.15) is 34.1 Å². The van der Waals surface area contributed by atoms with Crippen LogP contribution in [0.3, 0.4) is 0 Å². The van der Waals surface area contributed by atoms with Gasteiger partial charge >= 0.3 is 6.09 Å². The molecular formula is C13H23NO3. The summed E-state index contributed by atoms with van der Waals surface area (Å²) in [4.78, 5) is 11.7. The van der Waals surface area contributed by atoms with E-state index in [1.54, 1.807) is 0 Å². The Labute approximate surface area is 103 Å². The zero-order chi connectivity index (χ0) is 13.1. The van der Waals surface area contributed by atoms with Crippen LogP contribution in [0.25, 0.3) is 0 Å². The molecular weight excluding hydrogens is 218 g/mol. The molecule has 1 fully saturated rings. The number of hydrogen-bond acceptors (Lipinski definition) is 3. The zero-order valence-corrected chi connectivity index (χ0v) is 11.2. The minimum atomic E-state index is -0.477. The highest BCUT2D eigenvalue weighted by atomic mass is 16.6. The van der Waals surface area contributed by atoms with Crippen LogP contribution in [-0.2, 0) is 9.47 Å². The molecule has 98 valence electrons. The number of amides is 1. The normalized spacial score (nSPS) is 27.4. The van der Waals surface area contributed by atoms with Gasteiger partial charge in [-0.1, -0.05) is 6.08 Å². The summed E-state index contributed by atoms with van der Waals surface area (Å²) in [6, 6.07) is 0. The lowest BCUT2D eigenvalue weighted by Crippen LogP contribution is -2.44. The van der Waals surface area contributed by atoms with Crippen molar-refractivity contribution in [1.29, 1.82) is 0 Å². The van der Waals surface area contributed by atoms with Gasteiger partial charge in [0.05, 0.1) is 12.1 Å². The summed E-state index contributed by atoms with van der Waals surface area (Å²) in [5, 5.41) is 2.90. The highest BCUT2D eigenvalue weighted by Crippen LogP contribution is 2.44. The van der Waals surface area contributed by atoms with Crippen molar-refractivity contribution in [2.45, 2.75) is 45.3 Å². The Hall–Kier alpha value is -1.03. The van der Waals surface area contributed by atoms with E-state index in [4.69, 9.17) is 9.47 Å². The first-order valence-electron chi connectivity index (χ1n) is 6.04. The number of nitrogens with one attached hydrogen (secondary N) is 1. The van der Waals surface area contributed by atoms with Crippen molar-refractivity contribution < 1.29 is 14.3 Å². The second-order valence-electron chi connectivity index (χ2n) is 5.47. The quantitative estimate of drug-likeness (QED) is 0.752. The van der Waals surface area contributed by atoms with E-state index >= 15 is 0 Å². The number of rotatable bonds is 5. The van der Waals surface area contributed by atoms with E-state index in [0.717, 1.165) is 6.42 Å². The van der Waals surface area contributed by atoms with Crippen LogP contribution >= 0.6 is 0 Å². The van der Waals surface area contributed by atoms with Gasteiger partial charge < -0.3 is 14.8 Å². The van der Waals surface area contributed by atoms with Crippen LogP contribution in [0.5, 0.6) is 0 Å². The van der Waals surface area contributed by atoms with Gasteiger partial charge in [0.2, 0.25) is 0 Å². The summed E-state index contributed by atoms with van der Waals surface area (Å²) < 4.78 is 10.7. The molecule has 2 atom stereocenters. The predicted octanol–water partition coefficient (Wildman–Crippen LogP) is 2.49. The minimum absolute atomic E-state index is 0.279. The van der Waals surface area contributed by atoms with E-state index in [9.17, 15) is 4.79 Å². The number of carbonyl (C=O) groups excluding carboxylic acids is 1. The van der Waals surface area contributed by atoms with Gasteiger partial charge in [0, 0.05) is 12.5 Å². The summed E-state index contributed by atoms with van der Waals surface area (Å²) in [6.07, 6.45) is 2.34. The number of carbonyl (C=O) groups is 1. The Bertz CT molecular complexity index is 296. The van der Waals surface area contributed by atoms with Gasteiger partial charge in [0.1, 0.15) is 5.60 Å². The molecule has 0 spiro atoms. The Kier molecular flexibility index (Phi) is 4.20. The molecule has 1 amide bonds. The molecule has 0 aromatic rings. The molecule has 0 unspecified atom stereocenters. The third-order valence-electron chi connectivity index (χ3n) is 2.73. The van der Waals surface area contributed by atoms with Crippen LogP contribution in [0, 0.1) is 5.92 Å². The maximum absolute atomic E-state index is 11.7. The summed E-state index contributed by atoms with van der Waals surface area (Å²) in [6.45, 7) is 12.4. The van der Waals surface area contributed by atoms with Crippen LogP contribution in [0.15, 0.2) is 12.7 Å². The number of alkyl carbamates (subject to hydrolysis) is 1. The molecule has 1 saturated carbocycles. The molecule has 1 aliphatic rings. The maximum atomic E-state index is 11.7. The monoisotopic (exact) mass is 241 g/mol. The Morgan fingerprint density at radius 2 is 2.24 bits per heavy atom. The van der Waals surface area contributed by atoms with Crippen molar-refractivity contribution in [2.75, 3.05) is 13.2 Å². The molecule has 0 bridgehead atoms. The van der Waals surface area contributed by atoms with E-state index in [2.05, 4.69) is 11.9 Å². The lowest BCUT2D eigenvalue weighted by Gasteiger charge is -2.24. The van der Waals surface area contributed by atoms with Gasteiger partial charge in [-0.25, -0.2) is 4.79 Å². The molecule has 4 heteroatoms. The van der Waals surface area contributed by atoms with Crippen molar-refractivity contribution in [3.05, 3.63) is 12.7 Å². The first-order chi connectivity index (χ1) is 7.83. The van der Waals surface area contributed by atoms with Gasteiger partial charge in [-0.05, 0) is 34.1 Å². The van der Waals surface area contributed by atoms with E-state index in [1.807, 2.05) is 33.8 Å². The Balaban J connectivity index is 2.51. The molecule has 0 aromatic carbocycles. The molecule has 4 nitrogen and oxygen atoms in total. The summed E-state index contributed by atoms with van der Waals surface area (Å²) in [7, 11) is 0. The topological polar surface area (TPSA) is 47.6 Å². The van der Waals surface area contributed by atoms with E-state index < -0.39 is 5.60 Å². The van der Waals surface area contributed by atoms with Gasteiger partial charge in [-0.2, -0.15) is 0 Å².